The largest absolute Gasteiger partial charge is 0.390 e. The maximum absolute atomic E-state index is 9.96. The molecule has 96 valence electrons. The zero-order valence-electron chi connectivity index (χ0n) is 9.78. The second kappa shape index (κ2) is 6.13. The number of aliphatic hydroxyl groups excluding tert-OH is 2. The molecule has 18 heavy (non-hydrogen) atoms. The molecule has 2 unspecified atom stereocenters. The van der Waals surface area contributed by atoms with Crippen molar-refractivity contribution in [2.75, 3.05) is 5.33 Å². The molecule has 0 aliphatic rings. The van der Waals surface area contributed by atoms with Crippen LogP contribution in [-0.2, 0) is 0 Å². The summed E-state index contributed by atoms with van der Waals surface area (Å²) in [6.07, 6.45) is 2.13. The Morgan fingerprint density at radius 3 is 2.61 bits per heavy atom. The molecule has 4 nitrogen and oxygen atoms in total. The van der Waals surface area contributed by atoms with Crippen LogP contribution in [-0.4, -0.2) is 31.4 Å². The van der Waals surface area contributed by atoms with E-state index in [2.05, 4.69) is 21.0 Å². The van der Waals surface area contributed by atoms with Crippen LogP contribution in [0.15, 0.2) is 42.7 Å². The smallest absolute Gasteiger partial charge is 0.108 e. The van der Waals surface area contributed by atoms with E-state index in [-0.39, 0.29) is 0 Å². The molecule has 0 amide bonds. The van der Waals surface area contributed by atoms with Crippen molar-refractivity contribution >= 4 is 15.9 Å². The van der Waals surface area contributed by atoms with Crippen molar-refractivity contribution in [2.24, 2.45) is 0 Å². The Morgan fingerprint density at radius 1 is 1.22 bits per heavy atom. The summed E-state index contributed by atoms with van der Waals surface area (Å²) in [5, 5.41) is 24.5. The molecule has 2 N–H and O–H groups in total. The molecule has 0 bridgehead atoms. The van der Waals surface area contributed by atoms with E-state index in [1.54, 1.807) is 17.1 Å². The molecule has 0 fully saturated rings. The number of para-hydroxylation sites is 1. The normalized spacial score (nSPS) is 14.4. The quantitative estimate of drug-likeness (QED) is 0.831. The molecule has 0 aliphatic heterocycles. The summed E-state index contributed by atoms with van der Waals surface area (Å²) in [6, 6.07) is 9.64. The minimum atomic E-state index is -0.903. The Labute approximate surface area is 114 Å². The first-order valence-corrected chi connectivity index (χ1v) is 6.86. The van der Waals surface area contributed by atoms with Crippen LogP contribution in [0.2, 0.25) is 0 Å². The maximum atomic E-state index is 9.96. The number of benzene rings is 1. The number of aromatic nitrogens is 2. The lowest BCUT2D eigenvalue weighted by molar-refractivity contribution is 0.0173. The lowest BCUT2D eigenvalue weighted by Gasteiger charge is -2.14. The van der Waals surface area contributed by atoms with Gasteiger partial charge in [0.25, 0.3) is 0 Å². The van der Waals surface area contributed by atoms with Gasteiger partial charge in [-0.2, -0.15) is 5.10 Å². The molecule has 5 heteroatoms. The van der Waals surface area contributed by atoms with Crippen molar-refractivity contribution in [3.63, 3.8) is 0 Å². The molecule has 2 aromatic rings. The highest BCUT2D eigenvalue weighted by Gasteiger charge is 2.19. The van der Waals surface area contributed by atoms with Gasteiger partial charge >= 0.3 is 0 Å². The average molecular weight is 311 g/mol. The third kappa shape index (κ3) is 2.98. The number of aliphatic hydroxyl groups is 2. The Kier molecular flexibility index (Phi) is 4.52. The molecule has 0 radical (unpaired) electrons. The topological polar surface area (TPSA) is 58.3 Å². The predicted octanol–water partition coefficient (Wildman–Crippen LogP) is 2.05. The highest BCUT2D eigenvalue weighted by molar-refractivity contribution is 9.09. The van der Waals surface area contributed by atoms with E-state index in [0.29, 0.717) is 17.3 Å². The first-order valence-electron chi connectivity index (χ1n) is 5.74. The number of alkyl halides is 1. The van der Waals surface area contributed by atoms with Crippen LogP contribution >= 0.6 is 15.9 Å². The van der Waals surface area contributed by atoms with Gasteiger partial charge in [-0.3, -0.25) is 0 Å². The molecular formula is C13H15BrN2O2. The van der Waals surface area contributed by atoms with Crippen LogP contribution in [0.1, 0.15) is 18.1 Å². The van der Waals surface area contributed by atoms with E-state index in [9.17, 15) is 10.2 Å². The maximum Gasteiger partial charge on any atom is 0.108 e. The van der Waals surface area contributed by atoms with Crippen LogP contribution in [0.25, 0.3) is 5.69 Å². The molecule has 1 aromatic carbocycles. The van der Waals surface area contributed by atoms with Crippen LogP contribution < -0.4 is 0 Å². The van der Waals surface area contributed by atoms with Crippen LogP contribution in [0, 0.1) is 0 Å². The second-order valence-electron chi connectivity index (χ2n) is 4.04. The molecule has 0 saturated heterocycles. The van der Waals surface area contributed by atoms with Crippen molar-refractivity contribution < 1.29 is 10.2 Å². The number of halogens is 1. The monoisotopic (exact) mass is 310 g/mol. The number of nitrogens with zero attached hydrogens (tertiary/aromatic N) is 2. The van der Waals surface area contributed by atoms with Crippen molar-refractivity contribution in [3.05, 3.63) is 48.3 Å². The molecular weight excluding hydrogens is 296 g/mol. The van der Waals surface area contributed by atoms with Crippen LogP contribution in [0.3, 0.4) is 0 Å². The Hall–Kier alpha value is -1.17. The van der Waals surface area contributed by atoms with Gasteiger partial charge in [-0.25, -0.2) is 4.68 Å². The molecule has 2 atom stereocenters. The van der Waals surface area contributed by atoms with Crippen LogP contribution in [0.4, 0.5) is 0 Å². The summed E-state index contributed by atoms with van der Waals surface area (Å²) in [5.74, 6) is 0. The van der Waals surface area contributed by atoms with E-state index < -0.39 is 12.2 Å². The van der Waals surface area contributed by atoms with Gasteiger partial charge in [0.1, 0.15) is 6.10 Å². The molecule has 0 aliphatic carbocycles. The molecule has 2 rings (SSSR count). The summed E-state index contributed by atoms with van der Waals surface area (Å²) in [7, 11) is 0. The fourth-order valence-corrected chi connectivity index (χ4v) is 2.17. The van der Waals surface area contributed by atoms with Gasteiger partial charge in [0.05, 0.1) is 18.0 Å². The van der Waals surface area contributed by atoms with Gasteiger partial charge in [-0.15, -0.1) is 0 Å². The molecule has 0 saturated carbocycles. The lowest BCUT2D eigenvalue weighted by atomic mass is 10.1. The summed E-state index contributed by atoms with van der Waals surface area (Å²) in [4.78, 5) is 0. The Balaban J connectivity index is 2.15. The van der Waals surface area contributed by atoms with Crippen molar-refractivity contribution in [1.82, 2.24) is 9.78 Å². The third-order valence-electron chi connectivity index (χ3n) is 2.73. The Bertz CT molecular complexity index is 487. The summed E-state index contributed by atoms with van der Waals surface area (Å²) in [6.45, 7) is 0. The zero-order valence-corrected chi connectivity index (χ0v) is 11.4. The van der Waals surface area contributed by atoms with E-state index in [0.717, 1.165) is 5.69 Å². The molecule has 0 spiro atoms. The van der Waals surface area contributed by atoms with Crippen LogP contribution in [0.5, 0.6) is 0 Å². The van der Waals surface area contributed by atoms with Crippen molar-refractivity contribution in [1.29, 1.82) is 0 Å². The van der Waals surface area contributed by atoms with Gasteiger partial charge < -0.3 is 10.2 Å². The third-order valence-corrected chi connectivity index (χ3v) is 3.19. The van der Waals surface area contributed by atoms with Gasteiger partial charge in [-0.05, 0) is 18.6 Å². The van der Waals surface area contributed by atoms with E-state index in [4.69, 9.17) is 0 Å². The van der Waals surface area contributed by atoms with E-state index >= 15 is 0 Å². The molecule has 1 heterocycles. The minimum Gasteiger partial charge on any atom is -0.390 e. The first kappa shape index (κ1) is 13.3. The van der Waals surface area contributed by atoms with Gasteiger partial charge in [0, 0.05) is 17.1 Å². The minimum absolute atomic E-state index is 0.498. The second-order valence-corrected chi connectivity index (χ2v) is 4.84. The lowest BCUT2D eigenvalue weighted by Crippen LogP contribution is -2.18. The van der Waals surface area contributed by atoms with E-state index in [1.165, 1.54) is 0 Å². The number of hydrogen-bond donors (Lipinski definition) is 2. The first-order chi connectivity index (χ1) is 8.72. The fourth-order valence-electron chi connectivity index (χ4n) is 1.70. The zero-order chi connectivity index (χ0) is 13.0. The molecule has 1 aromatic heterocycles. The van der Waals surface area contributed by atoms with Crippen molar-refractivity contribution in [3.8, 4) is 5.69 Å². The standard InChI is InChI=1S/C13H15BrN2O2/c14-7-6-12(17)13(18)10-8-15-16(9-10)11-4-2-1-3-5-11/h1-5,8-9,12-13,17-18H,6-7H2. The summed E-state index contributed by atoms with van der Waals surface area (Å²) < 4.78 is 1.68. The summed E-state index contributed by atoms with van der Waals surface area (Å²) in [5.41, 5.74) is 1.54. The summed E-state index contributed by atoms with van der Waals surface area (Å²) >= 11 is 3.24. The SMILES string of the molecule is OC(CCBr)C(O)c1cnn(-c2ccccc2)c1. The fraction of sp³-hybridized carbons (Fsp3) is 0.308. The average Bonchev–Trinajstić information content (AvgIpc) is 2.89. The highest BCUT2D eigenvalue weighted by atomic mass is 79.9. The van der Waals surface area contributed by atoms with Gasteiger partial charge in [0.2, 0.25) is 0 Å². The predicted molar refractivity (Wildman–Crippen MR) is 72.9 cm³/mol. The van der Waals surface area contributed by atoms with Crippen molar-refractivity contribution in [2.45, 2.75) is 18.6 Å². The number of rotatable bonds is 5. The highest BCUT2D eigenvalue weighted by Crippen LogP contribution is 2.20. The van der Waals surface area contributed by atoms with Gasteiger partial charge in [0.15, 0.2) is 0 Å². The Morgan fingerprint density at radius 2 is 1.94 bits per heavy atom. The van der Waals surface area contributed by atoms with E-state index in [1.807, 2.05) is 30.3 Å². The number of hydrogen-bond acceptors (Lipinski definition) is 3. The van der Waals surface area contributed by atoms with Gasteiger partial charge in [-0.1, -0.05) is 34.1 Å².